The van der Waals surface area contributed by atoms with Crippen LogP contribution in [-0.2, 0) is 24.1 Å². The van der Waals surface area contributed by atoms with E-state index in [0.29, 0.717) is 11.1 Å². The maximum absolute atomic E-state index is 14.8. The molecule has 0 fully saturated rings. The summed E-state index contributed by atoms with van der Waals surface area (Å²) in [6.07, 6.45) is -4.87. The lowest BCUT2D eigenvalue weighted by Gasteiger charge is -2.21. The molecule has 1 atom stereocenters. The molecule has 8 nitrogen and oxygen atoms in total. The molecule has 0 bridgehead atoms. The SMILES string of the molecule is Cc1c(-c2ccccc2)c(=O)n(CCC(N)c2ccccc2OCC(=O)O)c(=O)n1Cc1c(F)cccc1C(F)(F)F. The van der Waals surface area contributed by atoms with Crippen LogP contribution in [0, 0.1) is 12.7 Å². The summed E-state index contributed by atoms with van der Waals surface area (Å²) in [5.41, 5.74) is 3.76. The van der Waals surface area contributed by atoms with Gasteiger partial charge >= 0.3 is 17.8 Å². The third-order valence-electron chi connectivity index (χ3n) is 6.82. The first kappa shape index (κ1) is 30.3. The van der Waals surface area contributed by atoms with Crippen LogP contribution in [0.4, 0.5) is 17.6 Å². The number of aliphatic carboxylic acids is 1. The zero-order valence-corrected chi connectivity index (χ0v) is 22.4. The molecule has 4 aromatic rings. The average Bonchev–Trinajstić information content (AvgIpc) is 2.94. The number of benzene rings is 3. The average molecular weight is 586 g/mol. The van der Waals surface area contributed by atoms with Crippen molar-refractivity contribution >= 4 is 5.97 Å². The van der Waals surface area contributed by atoms with Gasteiger partial charge in [0.05, 0.1) is 17.7 Å². The predicted octanol–water partition coefficient (Wildman–Crippen LogP) is 4.75. The summed E-state index contributed by atoms with van der Waals surface area (Å²) in [5, 5.41) is 8.95. The highest BCUT2D eigenvalue weighted by Crippen LogP contribution is 2.34. The van der Waals surface area contributed by atoms with Crippen molar-refractivity contribution in [2.75, 3.05) is 6.61 Å². The summed E-state index contributed by atoms with van der Waals surface area (Å²) >= 11 is 0. The fraction of sp³-hybridized carbons (Fsp3) is 0.233. The van der Waals surface area contributed by atoms with E-state index in [0.717, 1.165) is 27.3 Å². The highest BCUT2D eigenvalue weighted by Gasteiger charge is 2.35. The molecule has 42 heavy (non-hydrogen) atoms. The molecule has 0 radical (unpaired) electrons. The molecule has 0 saturated heterocycles. The summed E-state index contributed by atoms with van der Waals surface area (Å²) in [4.78, 5) is 38.3. The maximum Gasteiger partial charge on any atom is 0.416 e. The van der Waals surface area contributed by atoms with E-state index < -0.39 is 59.5 Å². The molecule has 0 aliphatic heterocycles. The molecule has 0 aliphatic carbocycles. The van der Waals surface area contributed by atoms with Crippen molar-refractivity contribution in [1.29, 1.82) is 0 Å². The highest BCUT2D eigenvalue weighted by molar-refractivity contribution is 5.68. The van der Waals surface area contributed by atoms with Gasteiger partial charge in [-0.2, -0.15) is 13.2 Å². The molecule has 1 heterocycles. The minimum absolute atomic E-state index is 0.00732. The number of aromatic nitrogens is 2. The number of alkyl halides is 3. The minimum Gasteiger partial charge on any atom is -0.482 e. The largest absolute Gasteiger partial charge is 0.482 e. The third kappa shape index (κ3) is 6.44. The minimum atomic E-state index is -4.88. The number of carboxylic acids is 1. The van der Waals surface area contributed by atoms with E-state index in [9.17, 15) is 31.9 Å². The summed E-state index contributed by atoms with van der Waals surface area (Å²) in [5.74, 6) is -2.12. The monoisotopic (exact) mass is 585 g/mol. The first-order chi connectivity index (χ1) is 19.9. The van der Waals surface area contributed by atoms with Crippen LogP contribution in [-0.4, -0.2) is 26.8 Å². The van der Waals surface area contributed by atoms with Gasteiger partial charge in [-0.15, -0.1) is 0 Å². The number of rotatable bonds is 10. The molecule has 12 heteroatoms. The molecular formula is C30H27F4N3O5. The van der Waals surface area contributed by atoms with Crippen molar-refractivity contribution in [1.82, 2.24) is 9.13 Å². The first-order valence-electron chi connectivity index (χ1n) is 12.8. The highest BCUT2D eigenvalue weighted by atomic mass is 19.4. The number of nitrogens with zero attached hydrogens (tertiary/aromatic N) is 2. The molecule has 220 valence electrons. The topological polar surface area (TPSA) is 117 Å². The number of carbonyl (C=O) groups is 1. The Bertz CT molecular complexity index is 1720. The molecule has 4 rings (SSSR count). The number of carboxylic acid groups (broad SMARTS) is 1. The van der Waals surface area contributed by atoms with Crippen LogP contribution in [0.5, 0.6) is 5.75 Å². The lowest BCUT2D eigenvalue weighted by atomic mass is 10.0. The summed E-state index contributed by atoms with van der Waals surface area (Å²) in [6.45, 7) is -0.201. The second-order valence-corrected chi connectivity index (χ2v) is 9.53. The van der Waals surface area contributed by atoms with E-state index in [4.69, 9.17) is 15.6 Å². The Labute approximate surface area is 237 Å². The van der Waals surface area contributed by atoms with E-state index in [2.05, 4.69) is 0 Å². The van der Waals surface area contributed by atoms with Crippen LogP contribution in [0.25, 0.3) is 11.1 Å². The second-order valence-electron chi connectivity index (χ2n) is 9.53. The lowest BCUT2D eigenvalue weighted by molar-refractivity contribution is -0.139. The van der Waals surface area contributed by atoms with Crippen molar-refractivity contribution < 1.29 is 32.2 Å². The van der Waals surface area contributed by atoms with Gasteiger partial charge in [0.1, 0.15) is 11.6 Å². The van der Waals surface area contributed by atoms with Gasteiger partial charge in [-0.1, -0.05) is 54.6 Å². The Hall–Kier alpha value is -4.71. The molecule has 1 unspecified atom stereocenters. The molecule has 0 saturated carbocycles. The zero-order chi connectivity index (χ0) is 30.6. The normalized spacial score (nSPS) is 12.2. The number of halogens is 4. The molecular weight excluding hydrogens is 558 g/mol. The van der Waals surface area contributed by atoms with Gasteiger partial charge < -0.3 is 15.6 Å². The zero-order valence-electron chi connectivity index (χ0n) is 22.4. The van der Waals surface area contributed by atoms with E-state index in [1.807, 2.05) is 0 Å². The summed E-state index contributed by atoms with van der Waals surface area (Å²) in [6, 6.07) is 16.5. The van der Waals surface area contributed by atoms with Gasteiger partial charge in [0.2, 0.25) is 0 Å². The molecule has 1 aromatic heterocycles. The van der Waals surface area contributed by atoms with Gasteiger partial charge in [-0.3, -0.25) is 13.9 Å². The maximum atomic E-state index is 14.8. The summed E-state index contributed by atoms with van der Waals surface area (Å²) < 4.78 is 63.2. The Morgan fingerprint density at radius 2 is 1.64 bits per heavy atom. The van der Waals surface area contributed by atoms with E-state index in [1.54, 1.807) is 48.5 Å². The van der Waals surface area contributed by atoms with E-state index in [-0.39, 0.29) is 30.0 Å². The van der Waals surface area contributed by atoms with Crippen LogP contribution in [0.3, 0.4) is 0 Å². The van der Waals surface area contributed by atoms with Crippen LogP contribution in [0.1, 0.15) is 34.8 Å². The van der Waals surface area contributed by atoms with Gasteiger partial charge in [0.15, 0.2) is 6.61 Å². The van der Waals surface area contributed by atoms with Crippen LogP contribution in [0.2, 0.25) is 0 Å². The second kappa shape index (κ2) is 12.4. The van der Waals surface area contributed by atoms with Crippen LogP contribution in [0.15, 0.2) is 82.4 Å². The lowest BCUT2D eigenvalue weighted by Crippen LogP contribution is -2.43. The third-order valence-corrected chi connectivity index (χ3v) is 6.82. The number of nitrogens with two attached hydrogens (primary N) is 1. The van der Waals surface area contributed by atoms with Crippen LogP contribution < -0.4 is 21.7 Å². The number of hydrogen-bond acceptors (Lipinski definition) is 5. The fourth-order valence-corrected chi connectivity index (χ4v) is 4.75. The smallest absolute Gasteiger partial charge is 0.416 e. The summed E-state index contributed by atoms with van der Waals surface area (Å²) in [7, 11) is 0. The quantitative estimate of drug-likeness (QED) is 0.260. The number of para-hydroxylation sites is 1. The Balaban J connectivity index is 1.80. The predicted molar refractivity (Wildman–Crippen MR) is 147 cm³/mol. The van der Waals surface area contributed by atoms with Gasteiger partial charge in [0, 0.05) is 29.4 Å². The van der Waals surface area contributed by atoms with Crippen molar-refractivity contribution in [2.24, 2.45) is 5.73 Å². The molecule has 0 aliphatic rings. The Kier molecular flexibility index (Phi) is 8.96. The van der Waals surface area contributed by atoms with Crippen molar-refractivity contribution in [2.45, 2.75) is 38.7 Å². The van der Waals surface area contributed by atoms with Gasteiger partial charge in [-0.05, 0) is 37.1 Å². The Morgan fingerprint density at radius 3 is 2.31 bits per heavy atom. The van der Waals surface area contributed by atoms with Crippen molar-refractivity contribution in [3.05, 3.63) is 122 Å². The van der Waals surface area contributed by atoms with E-state index in [1.165, 1.54) is 13.0 Å². The fourth-order valence-electron chi connectivity index (χ4n) is 4.75. The van der Waals surface area contributed by atoms with E-state index >= 15 is 0 Å². The molecule has 3 aromatic carbocycles. The van der Waals surface area contributed by atoms with Crippen molar-refractivity contribution in [3.63, 3.8) is 0 Å². The van der Waals surface area contributed by atoms with Crippen molar-refractivity contribution in [3.8, 4) is 16.9 Å². The first-order valence-corrected chi connectivity index (χ1v) is 12.8. The van der Waals surface area contributed by atoms with Crippen LogP contribution >= 0.6 is 0 Å². The van der Waals surface area contributed by atoms with Gasteiger partial charge in [0.25, 0.3) is 5.56 Å². The number of ether oxygens (including phenoxy) is 1. The Morgan fingerprint density at radius 1 is 0.976 bits per heavy atom. The van der Waals surface area contributed by atoms with Gasteiger partial charge in [-0.25, -0.2) is 14.0 Å². The molecule has 0 amide bonds. The molecule has 0 spiro atoms. The number of hydrogen-bond donors (Lipinski definition) is 2. The molecule has 3 N–H and O–H groups in total. The standard InChI is InChI=1S/C30H27F4N3O5/c1-18-27(19-8-3-2-4-9-19)28(40)36(15-14-24(35)20-10-5-6-13-25(20)42-17-26(38)39)29(41)37(18)16-21-22(30(32,33)34)11-7-12-23(21)31/h2-13,24H,14-17,35H2,1H3,(H,38,39).